The molecule has 0 unspecified atom stereocenters. The first-order valence-corrected chi connectivity index (χ1v) is 6.12. The average Bonchev–Trinajstić information content (AvgIpc) is 2.45. The van der Waals surface area contributed by atoms with Gasteiger partial charge in [-0.25, -0.2) is 4.39 Å². The van der Waals surface area contributed by atoms with Crippen molar-refractivity contribution in [2.45, 2.75) is 13.2 Å². The second kappa shape index (κ2) is 6.78. The van der Waals surface area contributed by atoms with Gasteiger partial charge in [-0.1, -0.05) is 12.1 Å². The van der Waals surface area contributed by atoms with Crippen LogP contribution >= 0.6 is 0 Å². The molecule has 0 aromatic heterocycles. The zero-order valence-electron chi connectivity index (χ0n) is 10.9. The van der Waals surface area contributed by atoms with E-state index in [0.717, 1.165) is 0 Å². The highest BCUT2D eigenvalue weighted by atomic mass is 19.3. The number of halogens is 3. The summed E-state index contributed by atoms with van der Waals surface area (Å²) in [6.07, 6.45) is 0. The summed E-state index contributed by atoms with van der Waals surface area (Å²) < 4.78 is 41.1. The van der Waals surface area contributed by atoms with Gasteiger partial charge in [-0.3, -0.25) is 4.79 Å². The van der Waals surface area contributed by atoms with Crippen LogP contribution in [-0.4, -0.2) is 12.5 Å². The van der Waals surface area contributed by atoms with Gasteiger partial charge in [0.1, 0.15) is 11.6 Å². The van der Waals surface area contributed by atoms with Gasteiger partial charge in [0.25, 0.3) is 5.91 Å². The van der Waals surface area contributed by atoms with Crippen molar-refractivity contribution in [3.05, 3.63) is 65.5 Å². The monoisotopic (exact) mass is 295 g/mol. The number of hydrogen-bond acceptors (Lipinski definition) is 2. The topological polar surface area (TPSA) is 38.3 Å². The van der Waals surface area contributed by atoms with Crippen LogP contribution in [-0.2, 0) is 6.54 Å². The third kappa shape index (κ3) is 4.52. The Morgan fingerprint density at radius 2 is 1.86 bits per heavy atom. The summed E-state index contributed by atoms with van der Waals surface area (Å²) >= 11 is 0. The van der Waals surface area contributed by atoms with E-state index in [4.69, 9.17) is 0 Å². The maximum atomic E-state index is 13.0. The van der Waals surface area contributed by atoms with Crippen LogP contribution in [0.4, 0.5) is 13.2 Å². The highest BCUT2D eigenvalue weighted by Crippen LogP contribution is 2.15. The fraction of sp³-hybridized carbons (Fsp3) is 0.133. The Kier molecular flexibility index (Phi) is 4.81. The molecule has 0 heterocycles. The van der Waals surface area contributed by atoms with E-state index >= 15 is 0 Å². The number of rotatable bonds is 5. The molecule has 3 nitrogen and oxygen atoms in total. The van der Waals surface area contributed by atoms with Crippen LogP contribution < -0.4 is 10.1 Å². The number of nitrogens with one attached hydrogen (secondary N) is 1. The van der Waals surface area contributed by atoms with E-state index in [1.807, 2.05) is 0 Å². The van der Waals surface area contributed by atoms with Crippen molar-refractivity contribution in [1.82, 2.24) is 5.32 Å². The van der Waals surface area contributed by atoms with Crippen LogP contribution in [0.3, 0.4) is 0 Å². The lowest BCUT2D eigenvalue weighted by atomic mass is 10.2. The first-order chi connectivity index (χ1) is 10.0. The standard InChI is InChI=1S/C15H12F3NO2/c16-12-3-1-2-10(8-12)9-19-14(20)11-4-6-13(7-5-11)21-15(17)18/h1-8,15H,9H2,(H,19,20). The number of carbonyl (C=O) groups is 1. The summed E-state index contributed by atoms with van der Waals surface area (Å²) in [6.45, 7) is -2.73. The molecule has 2 aromatic carbocycles. The van der Waals surface area contributed by atoms with Gasteiger partial charge in [-0.05, 0) is 42.0 Å². The summed E-state index contributed by atoms with van der Waals surface area (Å²) in [5.74, 6) is -0.787. The average molecular weight is 295 g/mol. The highest BCUT2D eigenvalue weighted by molar-refractivity contribution is 5.94. The van der Waals surface area contributed by atoms with Crippen molar-refractivity contribution >= 4 is 5.91 Å². The largest absolute Gasteiger partial charge is 0.435 e. The predicted octanol–water partition coefficient (Wildman–Crippen LogP) is 3.36. The molecule has 1 N–H and O–H groups in total. The minimum absolute atomic E-state index is 0.0216. The summed E-state index contributed by atoms with van der Waals surface area (Å²) in [7, 11) is 0. The van der Waals surface area contributed by atoms with Gasteiger partial charge >= 0.3 is 6.61 Å². The summed E-state index contributed by atoms with van der Waals surface area (Å²) in [5, 5.41) is 2.61. The van der Waals surface area contributed by atoms with Crippen molar-refractivity contribution in [2.75, 3.05) is 0 Å². The molecule has 1 amide bonds. The molecule has 0 aliphatic rings. The smallest absolute Gasteiger partial charge is 0.387 e. The maximum absolute atomic E-state index is 13.0. The van der Waals surface area contributed by atoms with Gasteiger partial charge in [0.05, 0.1) is 0 Å². The van der Waals surface area contributed by atoms with Crippen molar-refractivity contribution in [3.63, 3.8) is 0 Å². The normalized spacial score (nSPS) is 10.5. The van der Waals surface area contributed by atoms with Crippen molar-refractivity contribution in [1.29, 1.82) is 0 Å². The molecular weight excluding hydrogens is 283 g/mol. The second-order valence-corrected chi connectivity index (χ2v) is 4.22. The zero-order chi connectivity index (χ0) is 15.2. The molecule has 6 heteroatoms. The molecule has 0 aliphatic heterocycles. The zero-order valence-corrected chi connectivity index (χ0v) is 10.9. The minimum Gasteiger partial charge on any atom is -0.435 e. The van der Waals surface area contributed by atoms with E-state index < -0.39 is 6.61 Å². The van der Waals surface area contributed by atoms with Gasteiger partial charge < -0.3 is 10.1 Å². The number of carbonyl (C=O) groups excluding carboxylic acids is 1. The first kappa shape index (κ1) is 14.9. The van der Waals surface area contributed by atoms with Crippen LogP contribution in [0.15, 0.2) is 48.5 Å². The quantitative estimate of drug-likeness (QED) is 0.918. The molecule has 0 spiro atoms. The molecular formula is C15H12F3NO2. The Hall–Kier alpha value is -2.50. The third-order valence-corrected chi connectivity index (χ3v) is 2.68. The summed E-state index contributed by atoms with van der Waals surface area (Å²) in [5.41, 5.74) is 0.925. The number of ether oxygens (including phenoxy) is 1. The Balaban J connectivity index is 1.94. The molecule has 2 aromatic rings. The molecule has 21 heavy (non-hydrogen) atoms. The molecule has 0 bridgehead atoms. The lowest BCUT2D eigenvalue weighted by molar-refractivity contribution is -0.0498. The Labute approximate surface area is 119 Å². The summed E-state index contributed by atoms with van der Waals surface area (Å²) in [6, 6.07) is 11.2. The molecule has 0 saturated carbocycles. The van der Waals surface area contributed by atoms with Crippen LogP contribution in [0.1, 0.15) is 15.9 Å². The Morgan fingerprint density at radius 3 is 2.48 bits per heavy atom. The van der Waals surface area contributed by atoms with Crippen LogP contribution in [0.5, 0.6) is 5.75 Å². The van der Waals surface area contributed by atoms with Crippen molar-refractivity contribution < 1.29 is 22.7 Å². The first-order valence-electron chi connectivity index (χ1n) is 6.12. The van der Waals surface area contributed by atoms with Crippen LogP contribution in [0, 0.1) is 5.82 Å². The SMILES string of the molecule is O=C(NCc1cccc(F)c1)c1ccc(OC(F)F)cc1. The van der Waals surface area contributed by atoms with Crippen molar-refractivity contribution in [2.24, 2.45) is 0 Å². The lowest BCUT2D eigenvalue weighted by Crippen LogP contribution is -2.22. The van der Waals surface area contributed by atoms with Crippen LogP contribution in [0.25, 0.3) is 0 Å². The fourth-order valence-electron chi connectivity index (χ4n) is 1.72. The molecule has 0 fully saturated rings. The van der Waals surface area contributed by atoms with Gasteiger partial charge in [-0.2, -0.15) is 8.78 Å². The number of amides is 1. The van der Waals surface area contributed by atoms with E-state index in [1.54, 1.807) is 12.1 Å². The maximum Gasteiger partial charge on any atom is 0.387 e. The minimum atomic E-state index is -2.90. The Bertz CT molecular complexity index is 615. The van der Waals surface area contributed by atoms with Gasteiger partial charge in [-0.15, -0.1) is 0 Å². The molecule has 0 radical (unpaired) electrons. The van der Waals surface area contributed by atoms with Gasteiger partial charge in [0.2, 0.25) is 0 Å². The number of benzene rings is 2. The lowest BCUT2D eigenvalue weighted by Gasteiger charge is -2.07. The number of hydrogen-bond donors (Lipinski definition) is 1. The van der Waals surface area contributed by atoms with E-state index in [9.17, 15) is 18.0 Å². The van der Waals surface area contributed by atoms with E-state index in [1.165, 1.54) is 36.4 Å². The molecule has 2 rings (SSSR count). The van der Waals surface area contributed by atoms with E-state index in [2.05, 4.69) is 10.1 Å². The highest BCUT2D eigenvalue weighted by Gasteiger charge is 2.08. The van der Waals surface area contributed by atoms with Crippen LogP contribution in [0.2, 0.25) is 0 Å². The molecule has 110 valence electrons. The third-order valence-electron chi connectivity index (χ3n) is 2.68. The number of alkyl halides is 2. The fourth-order valence-corrected chi connectivity index (χ4v) is 1.72. The molecule has 0 saturated heterocycles. The summed E-state index contributed by atoms with van der Waals surface area (Å²) in [4.78, 5) is 11.8. The molecule has 0 atom stereocenters. The molecule has 0 aliphatic carbocycles. The Morgan fingerprint density at radius 1 is 1.14 bits per heavy atom. The van der Waals surface area contributed by atoms with Crippen molar-refractivity contribution in [3.8, 4) is 5.75 Å². The van der Waals surface area contributed by atoms with E-state index in [0.29, 0.717) is 11.1 Å². The van der Waals surface area contributed by atoms with E-state index in [-0.39, 0.29) is 24.0 Å². The van der Waals surface area contributed by atoms with Gasteiger partial charge in [0.15, 0.2) is 0 Å². The van der Waals surface area contributed by atoms with Gasteiger partial charge in [0, 0.05) is 12.1 Å². The second-order valence-electron chi connectivity index (χ2n) is 4.22. The predicted molar refractivity (Wildman–Crippen MR) is 70.6 cm³/mol.